The molecule has 0 N–H and O–H groups in total. The molecule has 2 aliphatic carbocycles. The van der Waals surface area contributed by atoms with E-state index in [1.807, 2.05) is 13.8 Å². The zero-order chi connectivity index (χ0) is 19.2. The van der Waals surface area contributed by atoms with Gasteiger partial charge in [-0.05, 0) is 37.0 Å². The minimum atomic E-state index is -0.475. The van der Waals surface area contributed by atoms with Crippen LogP contribution in [-0.2, 0) is 23.9 Å². The molecule has 1 saturated carbocycles. The number of amides is 2. The molecular formula is C18H21Br2NO5. The highest BCUT2D eigenvalue weighted by molar-refractivity contribution is 9.10. The zero-order valence-corrected chi connectivity index (χ0v) is 17.9. The number of nitrogens with zero attached hydrogens (tertiary/aromatic N) is 1. The Morgan fingerprint density at radius 2 is 1.73 bits per heavy atom. The first-order valence-corrected chi connectivity index (χ1v) is 10.7. The number of Topliss-reactive ketones (excluding diaryl/α,β-unsaturated/α-hetero) is 1. The molecule has 1 aliphatic heterocycles. The molecule has 142 valence electrons. The Kier molecular flexibility index (Phi) is 5.45. The van der Waals surface area contributed by atoms with Gasteiger partial charge in [0.1, 0.15) is 0 Å². The van der Waals surface area contributed by atoms with E-state index in [0.717, 1.165) is 17.7 Å². The van der Waals surface area contributed by atoms with E-state index in [-0.39, 0.29) is 41.0 Å². The Morgan fingerprint density at radius 3 is 2.23 bits per heavy atom. The van der Waals surface area contributed by atoms with Gasteiger partial charge in [-0.15, -0.1) is 0 Å². The Morgan fingerprint density at radius 1 is 1.19 bits per heavy atom. The third-order valence-electron chi connectivity index (χ3n) is 5.73. The number of rotatable bonds is 6. The van der Waals surface area contributed by atoms with Crippen LogP contribution in [0.15, 0.2) is 11.1 Å². The van der Waals surface area contributed by atoms with Crippen molar-refractivity contribution in [3.8, 4) is 0 Å². The molecule has 0 aromatic heterocycles. The maximum atomic E-state index is 12.5. The van der Waals surface area contributed by atoms with Crippen LogP contribution in [0.1, 0.15) is 39.5 Å². The van der Waals surface area contributed by atoms with E-state index >= 15 is 0 Å². The molecule has 0 spiro atoms. The second-order valence-electron chi connectivity index (χ2n) is 7.62. The topological polar surface area (TPSA) is 80.8 Å². The number of hydrogen-bond acceptors (Lipinski definition) is 5. The molecule has 8 heteroatoms. The Hall–Kier alpha value is -1.02. The van der Waals surface area contributed by atoms with Crippen LogP contribution in [0.2, 0.25) is 0 Å². The van der Waals surface area contributed by atoms with Crippen LogP contribution in [-0.4, -0.2) is 45.4 Å². The van der Waals surface area contributed by atoms with Crippen molar-refractivity contribution < 1.29 is 23.9 Å². The van der Waals surface area contributed by atoms with E-state index in [9.17, 15) is 19.2 Å². The van der Waals surface area contributed by atoms with Crippen molar-refractivity contribution in [1.29, 1.82) is 0 Å². The lowest BCUT2D eigenvalue weighted by Crippen LogP contribution is -2.35. The van der Waals surface area contributed by atoms with E-state index < -0.39 is 16.7 Å². The van der Waals surface area contributed by atoms with Crippen molar-refractivity contribution in [2.24, 2.45) is 17.3 Å². The van der Waals surface area contributed by atoms with Crippen molar-refractivity contribution in [2.75, 3.05) is 12.1 Å². The minimum Gasteiger partial charge on any atom is -0.443 e. The van der Waals surface area contributed by atoms with Crippen molar-refractivity contribution in [3.63, 3.8) is 0 Å². The van der Waals surface area contributed by atoms with Gasteiger partial charge in [-0.1, -0.05) is 45.7 Å². The zero-order valence-electron chi connectivity index (χ0n) is 14.7. The maximum Gasteiger partial charge on any atom is 0.311 e. The summed E-state index contributed by atoms with van der Waals surface area (Å²) >= 11 is 6.52. The number of ketones is 1. The molecule has 0 aromatic carbocycles. The number of carbonyl (C=O) groups excluding carboxylic acids is 4. The average molecular weight is 491 g/mol. The van der Waals surface area contributed by atoms with Gasteiger partial charge in [0.15, 0.2) is 12.5 Å². The third-order valence-corrected chi connectivity index (χ3v) is 7.36. The fraction of sp³-hybridized carbons (Fsp3) is 0.667. The molecule has 3 atom stereocenters. The van der Waals surface area contributed by atoms with Gasteiger partial charge >= 0.3 is 5.97 Å². The smallest absolute Gasteiger partial charge is 0.311 e. The second kappa shape index (κ2) is 7.19. The van der Waals surface area contributed by atoms with Crippen molar-refractivity contribution in [3.05, 3.63) is 11.1 Å². The largest absolute Gasteiger partial charge is 0.443 e. The number of carbonyl (C=O) groups is 4. The van der Waals surface area contributed by atoms with E-state index in [1.54, 1.807) is 0 Å². The summed E-state index contributed by atoms with van der Waals surface area (Å²) < 4.78 is 5.30. The first-order valence-electron chi connectivity index (χ1n) is 8.69. The quantitative estimate of drug-likeness (QED) is 0.325. The highest BCUT2D eigenvalue weighted by atomic mass is 79.9. The number of esters is 1. The summed E-state index contributed by atoms with van der Waals surface area (Å²) in [6.45, 7) is 3.46. The lowest BCUT2D eigenvalue weighted by Gasteiger charge is -2.15. The molecule has 3 aliphatic rings. The number of halogens is 2. The maximum absolute atomic E-state index is 12.5. The molecule has 2 amide bonds. The van der Waals surface area contributed by atoms with E-state index in [1.165, 1.54) is 0 Å². The van der Waals surface area contributed by atoms with Gasteiger partial charge in [0.05, 0.1) is 16.1 Å². The average Bonchev–Trinajstić information content (AvgIpc) is 3.12. The number of ether oxygens (including phenoxy) is 1. The molecule has 0 saturated heterocycles. The molecule has 1 unspecified atom stereocenters. The van der Waals surface area contributed by atoms with Gasteiger partial charge in [-0.3, -0.25) is 19.2 Å². The van der Waals surface area contributed by atoms with Crippen LogP contribution in [0, 0.1) is 17.3 Å². The molecule has 1 heterocycles. The molecule has 26 heavy (non-hydrogen) atoms. The predicted molar refractivity (Wildman–Crippen MR) is 101 cm³/mol. The van der Waals surface area contributed by atoms with Crippen LogP contribution >= 0.6 is 31.9 Å². The Labute approximate surface area is 168 Å². The highest BCUT2D eigenvalue weighted by Gasteiger charge is 2.66. The highest BCUT2D eigenvalue weighted by Crippen LogP contribution is 2.62. The molecule has 0 radical (unpaired) electrons. The van der Waals surface area contributed by atoms with Crippen LogP contribution in [0.25, 0.3) is 0 Å². The summed E-state index contributed by atoms with van der Waals surface area (Å²) in [4.78, 5) is 49.7. The van der Waals surface area contributed by atoms with E-state index in [0.29, 0.717) is 24.0 Å². The number of alkyl halides is 2. The Balaban J connectivity index is 1.61. The molecule has 6 nitrogen and oxygen atoms in total. The summed E-state index contributed by atoms with van der Waals surface area (Å²) in [5.74, 6) is -1.78. The molecular weight excluding hydrogens is 470 g/mol. The fourth-order valence-electron chi connectivity index (χ4n) is 4.08. The van der Waals surface area contributed by atoms with Crippen molar-refractivity contribution >= 4 is 55.4 Å². The van der Waals surface area contributed by atoms with Gasteiger partial charge in [-0.2, -0.15) is 0 Å². The number of hydrogen-bond donors (Lipinski definition) is 0. The van der Waals surface area contributed by atoms with Gasteiger partial charge in [0.25, 0.3) is 11.8 Å². The van der Waals surface area contributed by atoms with E-state index in [2.05, 4.69) is 31.9 Å². The standard InChI is InChI=1S/C18H21Br2NO5/c1-18(2)12(14(20)11(22)7-19)13(18)17(25)26-8-21-15(23)9-5-3-4-6-10(9)16(21)24/h12-14H,3-8H2,1-2H3/t12-,13+,14?/m1/s1. The predicted octanol–water partition coefficient (Wildman–Crippen LogP) is 2.73. The molecule has 3 rings (SSSR count). The van der Waals surface area contributed by atoms with Crippen LogP contribution in [0.5, 0.6) is 0 Å². The van der Waals surface area contributed by atoms with Gasteiger partial charge in [-0.25, -0.2) is 4.90 Å². The van der Waals surface area contributed by atoms with Gasteiger partial charge in [0.2, 0.25) is 0 Å². The summed E-state index contributed by atoms with van der Waals surface area (Å²) in [6, 6.07) is 0. The van der Waals surface area contributed by atoms with Gasteiger partial charge < -0.3 is 4.74 Å². The molecule has 0 aromatic rings. The SMILES string of the molecule is CC1(C)[C@H](C(=O)OCN2C(=O)C3=C(CCCC3)C2=O)[C@@H]1C(Br)C(=O)CBr. The first kappa shape index (κ1) is 19.7. The van der Waals surface area contributed by atoms with Crippen molar-refractivity contribution in [2.45, 2.75) is 44.4 Å². The number of imide groups is 1. The fourth-order valence-corrected chi connectivity index (χ4v) is 6.01. The van der Waals surface area contributed by atoms with Gasteiger partial charge in [0, 0.05) is 11.1 Å². The Bertz CT molecular complexity index is 686. The summed E-state index contributed by atoms with van der Waals surface area (Å²) in [6.07, 6.45) is 3.03. The van der Waals surface area contributed by atoms with Crippen LogP contribution in [0.3, 0.4) is 0 Å². The summed E-state index contributed by atoms with van der Waals surface area (Å²) in [5, 5.41) is 0.214. The van der Waals surface area contributed by atoms with E-state index in [4.69, 9.17) is 4.74 Å². The van der Waals surface area contributed by atoms with Crippen LogP contribution < -0.4 is 0 Å². The van der Waals surface area contributed by atoms with Crippen LogP contribution in [0.4, 0.5) is 0 Å². The normalized spacial score (nSPS) is 28.1. The third kappa shape index (κ3) is 3.19. The monoisotopic (exact) mass is 489 g/mol. The minimum absolute atomic E-state index is 0.0276. The molecule has 1 fully saturated rings. The lowest BCUT2D eigenvalue weighted by molar-refractivity contribution is -0.156. The summed E-state index contributed by atoms with van der Waals surface area (Å²) in [7, 11) is 0. The van der Waals surface area contributed by atoms with Crippen molar-refractivity contribution in [1.82, 2.24) is 4.90 Å². The summed E-state index contributed by atoms with van der Waals surface area (Å²) in [5.41, 5.74) is 0.773. The molecule has 0 bridgehead atoms. The first-order chi connectivity index (χ1) is 12.2. The second-order valence-corrected chi connectivity index (χ2v) is 9.17. The lowest BCUT2D eigenvalue weighted by atomic mass is 9.93.